The number of fused-ring (bicyclic) bond motifs is 3. The van der Waals surface area contributed by atoms with Crippen LogP contribution >= 0.6 is 0 Å². The zero-order valence-electron chi connectivity index (χ0n) is 10.4. The van der Waals surface area contributed by atoms with E-state index in [1.54, 1.807) is 14.0 Å². The van der Waals surface area contributed by atoms with Gasteiger partial charge in [0, 0.05) is 12.7 Å². The first-order valence-electron chi connectivity index (χ1n) is 6.13. The van der Waals surface area contributed by atoms with Gasteiger partial charge in [0.2, 0.25) is 0 Å². The molecule has 0 aliphatic heterocycles. The van der Waals surface area contributed by atoms with Gasteiger partial charge in [-0.25, -0.2) is 4.79 Å². The second-order valence-electron chi connectivity index (χ2n) is 4.62. The molecule has 1 N–H and O–H groups in total. The van der Waals surface area contributed by atoms with Gasteiger partial charge < -0.3 is 14.2 Å². The molecule has 1 unspecified atom stereocenters. The van der Waals surface area contributed by atoms with Crippen molar-refractivity contribution in [3.05, 3.63) is 17.0 Å². The fraction of sp³-hybridized carbons (Fsp3) is 0.667. The molecule has 2 aliphatic rings. The number of rotatable bonds is 5. The molecule has 2 aliphatic carbocycles. The number of aromatic nitrogens is 2. The van der Waals surface area contributed by atoms with Crippen LogP contribution < -0.4 is 0 Å². The number of methoxy groups -OCH3 is 1. The van der Waals surface area contributed by atoms with E-state index in [2.05, 4.69) is 10.2 Å². The molecule has 0 spiro atoms. The van der Waals surface area contributed by atoms with Crippen LogP contribution in [0, 0.1) is 5.92 Å². The van der Waals surface area contributed by atoms with Crippen molar-refractivity contribution in [2.75, 3.05) is 20.5 Å². The number of aromatic amines is 1. The molecule has 6 nitrogen and oxygen atoms in total. The Labute approximate surface area is 105 Å². The molecular weight excluding hydrogens is 236 g/mol. The first-order chi connectivity index (χ1) is 8.77. The van der Waals surface area contributed by atoms with Crippen molar-refractivity contribution in [2.45, 2.75) is 25.4 Å². The van der Waals surface area contributed by atoms with Crippen LogP contribution in [-0.4, -0.2) is 36.7 Å². The van der Waals surface area contributed by atoms with Crippen LogP contribution in [0.1, 0.15) is 47.1 Å². The van der Waals surface area contributed by atoms with Gasteiger partial charge in [-0.1, -0.05) is 0 Å². The lowest BCUT2D eigenvalue weighted by molar-refractivity contribution is -0.0803. The van der Waals surface area contributed by atoms with Crippen molar-refractivity contribution >= 4 is 5.97 Å². The first-order valence-corrected chi connectivity index (χ1v) is 6.13. The molecule has 3 rings (SSSR count). The highest BCUT2D eigenvalue weighted by Crippen LogP contribution is 2.63. The number of ether oxygens (including phenoxy) is 3. The van der Waals surface area contributed by atoms with Gasteiger partial charge >= 0.3 is 5.97 Å². The van der Waals surface area contributed by atoms with E-state index < -0.39 is 0 Å². The standard InChI is InChI=1S/C12H16N2O4/c1-3-17-12(15)10-8-6-4-7(6)11(18-5-16-2)9(8)13-14-10/h6-7,11H,3-5H2,1-2H3,(H,13,14)/t6-,7+,11?/m0/s1. The minimum atomic E-state index is -0.354. The Balaban J connectivity index is 1.84. The van der Waals surface area contributed by atoms with Gasteiger partial charge in [-0.3, -0.25) is 5.10 Å². The predicted octanol–water partition coefficient (Wildman–Crippen LogP) is 1.37. The topological polar surface area (TPSA) is 73.4 Å². The summed E-state index contributed by atoms with van der Waals surface area (Å²) in [5, 5.41) is 6.99. The number of carbonyl (C=O) groups excluding carboxylic acids is 1. The lowest BCUT2D eigenvalue weighted by Gasteiger charge is -2.12. The molecule has 0 saturated heterocycles. The van der Waals surface area contributed by atoms with E-state index in [4.69, 9.17) is 14.2 Å². The average molecular weight is 252 g/mol. The van der Waals surface area contributed by atoms with E-state index in [-0.39, 0.29) is 18.9 Å². The number of hydrogen-bond donors (Lipinski definition) is 1. The van der Waals surface area contributed by atoms with Gasteiger partial charge in [0.1, 0.15) is 12.9 Å². The fourth-order valence-electron chi connectivity index (χ4n) is 2.75. The Morgan fingerprint density at radius 1 is 1.56 bits per heavy atom. The van der Waals surface area contributed by atoms with Crippen molar-refractivity contribution in [2.24, 2.45) is 5.92 Å². The zero-order valence-corrected chi connectivity index (χ0v) is 10.4. The highest BCUT2D eigenvalue weighted by molar-refractivity contribution is 5.90. The van der Waals surface area contributed by atoms with Gasteiger partial charge in [-0.15, -0.1) is 0 Å². The van der Waals surface area contributed by atoms with E-state index in [0.29, 0.717) is 24.1 Å². The van der Waals surface area contributed by atoms with Crippen LogP contribution in [0.2, 0.25) is 0 Å². The average Bonchev–Trinajstić information content (AvgIpc) is 2.91. The third kappa shape index (κ3) is 1.64. The highest BCUT2D eigenvalue weighted by atomic mass is 16.7. The summed E-state index contributed by atoms with van der Waals surface area (Å²) >= 11 is 0. The Bertz CT molecular complexity index is 471. The summed E-state index contributed by atoms with van der Waals surface area (Å²) in [5.74, 6) is 0.491. The first kappa shape index (κ1) is 11.7. The van der Waals surface area contributed by atoms with E-state index in [1.807, 2.05) is 0 Å². The number of hydrogen-bond acceptors (Lipinski definition) is 5. The molecule has 0 aromatic carbocycles. The van der Waals surface area contributed by atoms with E-state index in [1.165, 1.54) is 0 Å². The molecule has 6 heteroatoms. The maximum atomic E-state index is 11.8. The van der Waals surface area contributed by atoms with Crippen molar-refractivity contribution in [3.63, 3.8) is 0 Å². The minimum absolute atomic E-state index is 0.0272. The highest BCUT2D eigenvalue weighted by Gasteiger charge is 2.56. The zero-order chi connectivity index (χ0) is 12.7. The summed E-state index contributed by atoms with van der Waals surface area (Å²) in [6, 6.07) is 0. The van der Waals surface area contributed by atoms with E-state index in [9.17, 15) is 4.79 Å². The van der Waals surface area contributed by atoms with Crippen molar-refractivity contribution in [1.29, 1.82) is 0 Å². The molecule has 1 saturated carbocycles. The molecule has 0 bridgehead atoms. The lowest BCUT2D eigenvalue weighted by atomic mass is 10.1. The summed E-state index contributed by atoms with van der Waals surface area (Å²) in [6.07, 6.45) is 1.02. The van der Waals surface area contributed by atoms with E-state index in [0.717, 1.165) is 17.7 Å². The molecule has 1 aromatic rings. The SMILES string of the molecule is CCOC(=O)c1n[nH]c2c1[C@H]1C[C@H]1C2OCOC. The minimum Gasteiger partial charge on any atom is -0.461 e. The summed E-state index contributed by atoms with van der Waals surface area (Å²) in [4.78, 5) is 11.8. The Morgan fingerprint density at radius 3 is 3.11 bits per heavy atom. The number of carbonyl (C=O) groups is 1. The maximum Gasteiger partial charge on any atom is 0.359 e. The number of H-pyrrole nitrogens is 1. The van der Waals surface area contributed by atoms with Crippen LogP contribution in [0.25, 0.3) is 0 Å². The molecule has 0 radical (unpaired) electrons. The number of nitrogens with zero attached hydrogens (tertiary/aromatic N) is 1. The second-order valence-corrected chi connectivity index (χ2v) is 4.62. The third-order valence-corrected chi connectivity index (χ3v) is 3.55. The van der Waals surface area contributed by atoms with Crippen LogP contribution in [-0.2, 0) is 14.2 Å². The Hall–Kier alpha value is -1.40. The van der Waals surface area contributed by atoms with E-state index >= 15 is 0 Å². The van der Waals surface area contributed by atoms with Gasteiger partial charge in [0.15, 0.2) is 5.69 Å². The summed E-state index contributed by atoms with van der Waals surface area (Å²) in [7, 11) is 1.59. The lowest BCUT2D eigenvalue weighted by Crippen LogP contribution is -2.08. The largest absolute Gasteiger partial charge is 0.461 e. The second kappa shape index (κ2) is 4.37. The van der Waals surface area contributed by atoms with Crippen molar-refractivity contribution < 1.29 is 19.0 Å². The fourth-order valence-corrected chi connectivity index (χ4v) is 2.75. The molecule has 1 aromatic heterocycles. The Morgan fingerprint density at radius 2 is 2.39 bits per heavy atom. The monoisotopic (exact) mass is 252 g/mol. The molecule has 1 heterocycles. The van der Waals surface area contributed by atoms with Crippen molar-refractivity contribution in [1.82, 2.24) is 10.2 Å². The molecule has 0 amide bonds. The number of esters is 1. The van der Waals surface area contributed by atoms with Crippen LogP contribution in [0.15, 0.2) is 0 Å². The third-order valence-electron chi connectivity index (χ3n) is 3.55. The molecule has 98 valence electrons. The van der Waals surface area contributed by atoms with Crippen LogP contribution in [0.5, 0.6) is 0 Å². The van der Waals surface area contributed by atoms with Gasteiger partial charge in [-0.05, 0) is 25.2 Å². The summed E-state index contributed by atoms with van der Waals surface area (Å²) in [6.45, 7) is 2.40. The van der Waals surface area contributed by atoms with Gasteiger partial charge in [-0.2, -0.15) is 5.10 Å². The Kier molecular flexibility index (Phi) is 2.83. The molecular formula is C12H16N2O4. The maximum absolute atomic E-state index is 11.8. The summed E-state index contributed by atoms with van der Waals surface area (Å²) in [5.41, 5.74) is 2.32. The number of nitrogens with one attached hydrogen (secondary N) is 1. The normalized spacial score (nSPS) is 27.8. The van der Waals surface area contributed by atoms with Crippen LogP contribution in [0.4, 0.5) is 0 Å². The van der Waals surface area contributed by atoms with Crippen molar-refractivity contribution in [3.8, 4) is 0 Å². The smallest absolute Gasteiger partial charge is 0.359 e. The molecule has 1 fully saturated rings. The summed E-state index contributed by atoms with van der Waals surface area (Å²) < 4.78 is 15.6. The van der Waals surface area contributed by atoms with Gasteiger partial charge in [0.25, 0.3) is 0 Å². The van der Waals surface area contributed by atoms with Gasteiger partial charge in [0.05, 0.1) is 12.3 Å². The molecule has 3 atom stereocenters. The van der Waals surface area contributed by atoms with Crippen LogP contribution in [0.3, 0.4) is 0 Å². The quantitative estimate of drug-likeness (QED) is 0.632. The predicted molar refractivity (Wildman–Crippen MR) is 61.1 cm³/mol. The molecule has 18 heavy (non-hydrogen) atoms.